The Labute approximate surface area is 316 Å². The minimum atomic E-state index is -0.201. The van der Waals surface area contributed by atoms with Crippen LogP contribution in [-0.2, 0) is 10.8 Å². The molecule has 0 N–H and O–H groups in total. The number of para-hydroxylation sites is 8. The van der Waals surface area contributed by atoms with Crippen molar-refractivity contribution < 1.29 is 9.47 Å². The summed E-state index contributed by atoms with van der Waals surface area (Å²) in [5.74, 6) is 3.48. The van der Waals surface area contributed by atoms with Gasteiger partial charge in [0.1, 0.15) is 0 Å². The number of rotatable bonds is 2. The molecule has 7 aromatic carbocycles. The number of aryl methyl sites for hydroxylation is 2. The van der Waals surface area contributed by atoms with E-state index in [2.05, 4.69) is 161 Å². The molecule has 0 radical (unpaired) electrons. The zero-order valence-electron chi connectivity index (χ0n) is 31.4. The maximum Gasteiger partial charge on any atom is 0.151 e. The topological polar surface area (TPSA) is 24.9 Å². The fourth-order valence-corrected chi connectivity index (χ4v) is 9.80. The molecule has 2 aliphatic heterocycles. The van der Waals surface area contributed by atoms with Crippen LogP contribution in [0, 0.1) is 13.8 Å². The van der Waals surface area contributed by atoms with Gasteiger partial charge in [0.25, 0.3) is 0 Å². The Kier molecular flexibility index (Phi) is 6.18. The SMILES string of the molecule is Cc1cc(N2c3ccccc3Oc3ccccc32)cc2c1-c1cc3c(cc1C2(C)C)-c1c(C)cc(N2c4ccccc4Oc4ccccc42)cc1C3(C)C. The molecular weight excluding hydrogens is 661 g/mol. The Balaban J connectivity index is 1.06. The second kappa shape index (κ2) is 10.7. The molecule has 0 fully saturated rings. The molecule has 4 nitrogen and oxygen atoms in total. The van der Waals surface area contributed by atoms with Gasteiger partial charge in [-0.3, -0.25) is 0 Å². The normalized spacial score (nSPS) is 15.7. The lowest BCUT2D eigenvalue weighted by atomic mass is 9.79. The lowest BCUT2D eigenvalue weighted by Crippen LogP contribution is -2.19. The van der Waals surface area contributed by atoms with Gasteiger partial charge in [-0.2, -0.15) is 0 Å². The third kappa shape index (κ3) is 4.08. The molecule has 0 saturated heterocycles. The molecule has 0 bridgehead atoms. The Hall–Kier alpha value is -6.26. The molecule has 2 heterocycles. The Morgan fingerprint density at radius 2 is 0.704 bits per heavy atom. The van der Waals surface area contributed by atoms with Gasteiger partial charge in [0.15, 0.2) is 23.0 Å². The quantitative estimate of drug-likeness (QED) is 0.179. The second-order valence-corrected chi connectivity index (χ2v) is 16.3. The van der Waals surface area contributed by atoms with Gasteiger partial charge in [-0.15, -0.1) is 0 Å². The van der Waals surface area contributed by atoms with Crippen LogP contribution in [0.15, 0.2) is 133 Å². The predicted molar refractivity (Wildman–Crippen MR) is 221 cm³/mol. The van der Waals surface area contributed by atoms with Gasteiger partial charge in [-0.1, -0.05) is 76.2 Å². The van der Waals surface area contributed by atoms with Crippen molar-refractivity contribution in [3.63, 3.8) is 0 Å². The number of benzene rings is 7. The summed E-state index contributed by atoms with van der Waals surface area (Å²) in [6.07, 6.45) is 0. The summed E-state index contributed by atoms with van der Waals surface area (Å²) >= 11 is 0. The summed E-state index contributed by atoms with van der Waals surface area (Å²) in [7, 11) is 0. The zero-order chi connectivity index (χ0) is 36.7. The molecule has 2 aliphatic carbocycles. The molecule has 7 aromatic rings. The van der Waals surface area contributed by atoms with Crippen molar-refractivity contribution in [1.82, 2.24) is 0 Å². The van der Waals surface area contributed by atoms with Crippen molar-refractivity contribution in [3.05, 3.63) is 167 Å². The van der Waals surface area contributed by atoms with Crippen LogP contribution in [0.3, 0.4) is 0 Å². The molecule has 4 aliphatic rings. The number of nitrogens with zero attached hydrogens (tertiary/aromatic N) is 2. The summed E-state index contributed by atoms with van der Waals surface area (Å²) in [6.45, 7) is 14.2. The van der Waals surface area contributed by atoms with Gasteiger partial charge in [-0.05, 0) is 154 Å². The van der Waals surface area contributed by atoms with E-state index in [9.17, 15) is 0 Å². The number of ether oxygens (including phenoxy) is 2. The van der Waals surface area contributed by atoms with Gasteiger partial charge < -0.3 is 19.3 Å². The highest BCUT2D eigenvalue weighted by molar-refractivity contribution is 5.96. The summed E-state index contributed by atoms with van der Waals surface area (Å²) in [5, 5.41) is 0. The summed E-state index contributed by atoms with van der Waals surface area (Å²) < 4.78 is 12.7. The molecule has 54 heavy (non-hydrogen) atoms. The highest BCUT2D eigenvalue weighted by Gasteiger charge is 2.44. The Morgan fingerprint density at radius 1 is 0.389 bits per heavy atom. The Bertz CT molecular complexity index is 2490. The van der Waals surface area contributed by atoms with Crippen molar-refractivity contribution in [2.24, 2.45) is 0 Å². The first-order valence-electron chi connectivity index (χ1n) is 18.9. The van der Waals surface area contributed by atoms with E-state index in [0.717, 1.165) is 57.1 Å². The van der Waals surface area contributed by atoms with Gasteiger partial charge in [-0.25, -0.2) is 0 Å². The smallest absolute Gasteiger partial charge is 0.151 e. The van der Waals surface area contributed by atoms with Crippen LogP contribution in [0.2, 0.25) is 0 Å². The van der Waals surface area contributed by atoms with Crippen LogP contribution in [-0.4, -0.2) is 0 Å². The minimum Gasteiger partial charge on any atom is -0.453 e. The van der Waals surface area contributed by atoms with Crippen molar-refractivity contribution >= 4 is 34.1 Å². The second-order valence-electron chi connectivity index (χ2n) is 16.3. The van der Waals surface area contributed by atoms with E-state index >= 15 is 0 Å². The molecule has 4 heteroatoms. The predicted octanol–water partition coefficient (Wildman–Crippen LogP) is 14.1. The Morgan fingerprint density at radius 3 is 1.04 bits per heavy atom. The molecule has 0 aromatic heterocycles. The van der Waals surface area contributed by atoms with Gasteiger partial charge >= 0.3 is 0 Å². The standard InChI is InChI=1S/C50H40N2O2/c1-29-23-31(51-39-15-7-11-19-43(39)53-44-20-12-8-16-40(44)51)25-37-47(29)33-27-36-34(28-35(33)49(37,3)4)48-30(2)24-32(26-38(48)50(36,5)6)52-41-17-9-13-21-45(41)54-46-22-14-10-18-42(46)52/h7-28H,1-6H3. The fourth-order valence-electron chi connectivity index (χ4n) is 9.80. The van der Waals surface area contributed by atoms with Gasteiger partial charge in [0, 0.05) is 22.2 Å². The molecule has 0 spiro atoms. The first-order valence-corrected chi connectivity index (χ1v) is 18.9. The highest BCUT2D eigenvalue weighted by Crippen LogP contribution is 2.60. The molecule has 0 amide bonds. The highest BCUT2D eigenvalue weighted by atomic mass is 16.5. The van der Waals surface area contributed by atoms with E-state index in [-0.39, 0.29) is 10.8 Å². The van der Waals surface area contributed by atoms with Crippen molar-refractivity contribution in [1.29, 1.82) is 0 Å². The third-order valence-corrected chi connectivity index (χ3v) is 12.4. The average Bonchev–Trinajstić information content (AvgIpc) is 3.54. The summed E-state index contributed by atoms with van der Waals surface area (Å²) in [4.78, 5) is 4.73. The van der Waals surface area contributed by atoms with Crippen LogP contribution in [0.4, 0.5) is 34.1 Å². The van der Waals surface area contributed by atoms with Crippen LogP contribution in [0.5, 0.6) is 23.0 Å². The molecule has 0 atom stereocenters. The van der Waals surface area contributed by atoms with Crippen LogP contribution in [0.1, 0.15) is 61.1 Å². The zero-order valence-corrected chi connectivity index (χ0v) is 31.4. The van der Waals surface area contributed by atoms with E-state index in [0.29, 0.717) is 0 Å². The van der Waals surface area contributed by atoms with E-state index in [1.807, 2.05) is 24.3 Å². The van der Waals surface area contributed by atoms with Crippen molar-refractivity contribution in [2.75, 3.05) is 9.80 Å². The van der Waals surface area contributed by atoms with Crippen LogP contribution >= 0.6 is 0 Å². The lowest BCUT2D eigenvalue weighted by Gasteiger charge is -2.34. The maximum absolute atomic E-state index is 6.37. The van der Waals surface area contributed by atoms with E-state index in [4.69, 9.17) is 9.47 Å². The minimum absolute atomic E-state index is 0.201. The largest absolute Gasteiger partial charge is 0.453 e. The van der Waals surface area contributed by atoms with Crippen molar-refractivity contribution in [3.8, 4) is 45.3 Å². The van der Waals surface area contributed by atoms with E-state index in [1.165, 1.54) is 55.6 Å². The van der Waals surface area contributed by atoms with Gasteiger partial charge in [0.2, 0.25) is 0 Å². The lowest BCUT2D eigenvalue weighted by molar-refractivity contribution is 0.476. The molecule has 0 saturated carbocycles. The molecular formula is C50H40N2O2. The molecule has 0 unspecified atom stereocenters. The van der Waals surface area contributed by atoms with Gasteiger partial charge in [0.05, 0.1) is 22.7 Å². The van der Waals surface area contributed by atoms with E-state index < -0.39 is 0 Å². The first kappa shape index (κ1) is 31.3. The number of fused-ring (bicyclic) bond motifs is 10. The molecule has 11 rings (SSSR count). The summed E-state index contributed by atoms with van der Waals surface area (Å²) in [5.41, 5.74) is 19.7. The maximum atomic E-state index is 6.37. The number of hydrogen-bond acceptors (Lipinski definition) is 4. The number of hydrogen-bond donors (Lipinski definition) is 0. The number of anilines is 6. The molecule has 262 valence electrons. The van der Waals surface area contributed by atoms with Crippen molar-refractivity contribution in [2.45, 2.75) is 52.4 Å². The average molecular weight is 701 g/mol. The van der Waals surface area contributed by atoms with Crippen LogP contribution in [0.25, 0.3) is 22.3 Å². The fraction of sp³-hybridized carbons (Fsp3) is 0.160. The third-order valence-electron chi connectivity index (χ3n) is 12.4. The summed E-state index contributed by atoms with van der Waals surface area (Å²) in [6, 6.07) is 48.0. The van der Waals surface area contributed by atoms with Crippen LogP contribution < -0.4 is 19.3 Å². The van der Waals surface area contributed by atoms with E-state index in [1.54, 1.807) is 0 Å². The first-order chi connectivity index (χ1) is 26.1. The monoisotopic (exact) mass is 700 g/mol.